The highest BCUT2D eigenvalue weighted by atomic mass is 16.6. The summed E-state index contributed by atoms with van der Waals surface area (Å²) in [5, 5.41) is 3.11. The van der Waals surface area contributed by atoms with Crippen LogP contribution in [0, 0.1) is 0 Å². The number of carbonyl (C=O) groups excluding carboxylic acids is 1. The van der Waals surface area contributed by atoms with E-state index >= 15 is 0 Å². The lowest BCUT2D eigenvalue weighted by Gasteiger charge is -2.24. The van der Waals surface area contributed by atoms with Crippen LogP contribution in [0.5, 0.6) is 17.2 Å². The number of amides is 1. The lowest BCUT2D eigenvalue weighted by atomic mass is 10.0. The zero-order valence-electron chi connectivity index (χ0n) is 12.0. The smallest absolute Gasteiger partial charge is 0.237 e. The molecule has 0 bridgehead atoms. The number of methoxy groups -OCH3 is 1. The van der Waals surface area contributed by atoms with Gasteiger partial charge in [0.05, 0.1) is 12.6 Å². The Bertz CT molecular complexity index is 497. The molecule has 6 nitrogen and oxygen atoms in total. The zero-order chi connectivity index (χ0) is 14.8. The van der Waals surface area contributed by atoms with Crippen LogP contribution in [-0.4, -0.2) is 31.8 Å². The minimum atomic E-state index is -0.777. The molecule has 1 aromatic rings. The molecule has 6 heteroatoms. The second-order valence-electron chi connectivity index (χ2n) is 5.17. The highest BCUT2D eigenvalue weighted by Crippen LogP contribution is 2.40. The van der Waals surface area contributed by atoms with Gasteiger partial charge in [0.25, 0.3) is 0 Å². The summed E-state index contributed by atoms with van der Waals surface area (Å²) in [4.78, 5) is 11.3. The summed E-state index contributed by atoms with van der Waals surface area (Å²) in [5.41, 5.74) is 5.48. The summed E-state index contributed by atoms with van der Waals surface area (Å²) in [6.45, 7) is 4.98. The second kappa shape index (κ2) is 5.58. The van der Waals surface area contributed by atoms with E-state index in [2.05, 4.69) is 5.32 Å². The van der Waals surface area contributed by atoms with Crippen molar-refractivity contribution in [1.29, 1.82) is 0 Å². The van der Waals surface area contributed by atoms with Gasteiger partial charge < -0.3 is 19.9 Å². The van der Waals surface area contributed by atoms with Crippen molar-refractivity contribution in [3.8, 4) is 17.2 Å². The van der Waals surface area contributed by atoms with Gasteiger partial charge in [-0.25, -0.2) is 0 Å². The number of nitrogens with two attached hydrogens (primary N) is 1. The fourth-order valence-corrected chi connectivity index (χ4v) is 1.84. The fraction of sp³-hybridized carbons (Fsp3) is 0.500. The molecule has 0 aromatic heterocycles. The average Bonchev–Trinajstić information content (AvgIpc) is 2.44. The monoisotopic (exact) mass is 280 g/mol. The highest BCUT2D eigenvalue weighted by Gasteiger charge is 2.24. The van der Waals surface area contributed by atoms with E-state index in [-0.39, 0.29) is 0 Å². The number of primary amides is 1. The molecule has 1 aromatic carbocycles. The molecule has 0 fully saturated rings. The standard InChI is InChI=1S/C14H20N2O4/c1-14(2,13(15)17)16-8-9-6-10(18-3)12-11(7-9)19-4-5-20-12/h6-7,16H,4-5,8H2,1-3H3,(H2,15,17). The van der Waals surface area contributed by atoms with Crippen LogP contribution >= 0.6 is 0 Å². The second-order valence-corrected chi connectivity index (χ2v) is 5.17. The van der Waals surface area contributed by atoms with Gasteiger partial charge in [-0.2, -0.15) is 0 Å². The Labute approximate surface area is 118 Å². The number of hydrogen-bond donors (Lipinski definition) is 2. The molecular weight excluding hydrogens is 260 g/mol. The Morgan fingerprint density at radius 3 is 2.75 bits per heavy atom. The van der Waals surface area contributed by atoms with E-state index in [0.717, 1.165) is 5.56 Å². The van der Waals surface area contributed by atoms with Crippen molar-refractivity contribution in [2.75, 3.05) is 20.3 Å². The molecule has 1 heterocycles. The van der Waals surface area contributed by atoms with Gasteiger partial charge in [-0.3, -0.25) is 10.1 Å². The first-order chi connectivity index (χ1) is 9.44. The highest BCUT2D eigenvalue weighted by molar-refractivity contribution is 5.83. The third kappa shape index (κ3) is 2.96. The van der Waals surface area contributed by atoms with E-state index in [4.69, 9.17) is 19.9 Å². The van der Waals surface area contributed by atoms with Crippen molar-refractivity contribution in [2.45, 2.75) is 25.9 Å². The van der Waals surface area contributed by atoms with Gasteiger partial charge in [-0.1, -0.05) is 0 Å². The van der Waals surface area contributed by atoms with Crippen LogP contribution in [0.2, 0.25) is 0 Å². The van der Waals surface area contributed by atoms with Gasteiger partial charge in [-0.15, -0.1) is 0 Å². The minimum absolute atomic E-state index is 0.401. The summed E-state index contributed by atoms with van der Waals surface area (Å²) in [7, 11) is 1.58. The van der Waals surface area contributed by atoms with Crippen molar-refractivity contribution in [1.82, 2.24) is 5.32 Å². The molecule has 0 saturated heterocycles. The van der Waals surface area contributed by atoms with Gasteiger partial charge in [0, 0.05) is 6.54 Å². The van der Waals surface area contributed by atoms with E-state index in [1.54, 1.807) is 21.0 Å². The number of ether oxygens (including phenoxy) is 3. The molecule has 0 spiro atoms. The zero-order valence-corrected chi connectivity index (χ0v) is 12.0. The van der Waals surface area contributed by atoms with Crippen LogP contribution in [0.1, 0.15) is 19.4 Å². The molecule has 0 saturated carbocycles. The molecule has 2 rings (SSSR count). The number of carbonyl (C=O) groups is 1. The maximum absolute atomic E-state index is 11.3. The van der Waals surface area contributed by atoms with Crippen molar-refractivity contribution >= 4 is 5.91 Å². The minimum Gasteiger partial charge on any atom is -0.493 e. The largest absolute Gasteiger partial charge is 0.493 e. The first kappa shape index (κ1) is 14.5. The SMILES string of the molecule is COc1cc(CNC(C)(C)C(N)=O)cc2c1OCCO2. The molecule has 3 N–H and O–H groups in total. The van der Waals surface area contributed by atoms with Gasteiger partial charge >= 0.3 is 0 Å². The topological polar surface area (TPSA) is 82.8 Å². The van der Waals surface area contributed by atoms with E-state index in [1.807, 2.05) is 12.1 Å². The van der Waals surface area contributed by atoms with E-state index in [0.29, 0.717) is 37.0 Å². The van der Waals surface area contributed by atoms with Crippen LogP contribution < -0.4 is 25.3 Å². The first-order valence-corrected chi connectivity index (χ1v) is 6.45. The van der Waals surface area contributed by atoms with Crippen molar-refractivity contribution < 1.29 is 19.0 Å². The molecule has 0 radical (unpaired) electrons. The van der Waals surface area contributed by atoms with Gasteiger partial charge in [0.1, 0.15) is 13.2 Å². The van der Waals surface area contributed by atoms with Crippen molar-refractivity contribution in [2.24, 2.45) is 5.73 Å². The summed E-state index contributed by atoms with van der Waals surface area (Å²) < 4.78 is 16.4. The summed E-state index contributed by atoms with van der Waals surface area (Å²) >= 11 is 0. The number of nitrogens with one attached hydrogen (secondary N) is 1. The summed E-state index contributed by atoms with van der Waals surface area (Å²) in [5.74, 6) is 1.50. The molecule has 110 valence electrons. The predicted octanol–water partition coefficient (Wildman–Crippen LogP) is 0.820. The Morgan fingerprint density at radius 2 is 2.10 bits per heavy atom. The van der Waals surface area contributed by atoms with Gasteiger partial charge in [0.15, 0.2) is 11.5 Å². The normalized spacial score (nSPS) is 13.9. The molecule has 1 aliphatic rings. The Balaban J connectivity index is 2.19. The van der Waals surface area contributed by atoms with Gasteiger partial charge in [-0.05, 0) is 31.5 Å². The van der Waals surface area contributed by atoms with E-state index in [1.165, 1.54) is 0 Å². The van der Waals surface area contributed by atoms with Crippen LogP contribution in [0.4, 0.5) is 0 Å². The Kier molecular flexibility index (Phi) is 4.04. The molecular formula is C14H20N2O4. The molecule has 20 heavy (non-hydrogen) atoms. The van der Waals surface area contributed by atoms with Crippen LogP contribution in [0.25, 0.3) is 0 Å². The summed E-state index contributed by atoms with van der Waals surface area (Å²) in [6.07, 6.45) is 0. The predicted molar refractivity (Wildman–Crippen MR) is 74.1 cm³/mol. The fourth-order valence-electron chi connectivity index (χ4n) is 1.84. The van der Waals surface area contributed by atoms with Crippen LogP contribution in [0.3, 0.4) is 0 Å². The molecule has 0 aliphatic carbocycles. The summed E-state index contributed by atoms with van der Waals surface area (Å²) in [6, 6.07) is 3.73. The Hall–Kier alpha value is -1.95. The van der Waals surface area contributed by atoms with Crippen LogP contribution in [0.15, 0.2) is 12.1 Å². The first-order valence-electron chi connectivity index (χ1n) is 6.45. The van der Waals surface area contributed by atoms with Gasteiger partial charge in [0.2, 0.25) is 11.7 Å². The third-order valence-electron chi connectivity index (χ3n) is 3.24. The Morgan fingerprint density at radius 1 is 1.40 bits per heavy atom. The number of benzene rings is 1. The maximum Gasteiger partial charge on any atom is 0.237 e. The van der Waals surface area contributed by atoms with E-state index in [9.17, 15) is 4.79 Å². The molecule has 1 aliphatic heterocycles. The van der Waals surface area contributed by atoms with E-state index < -0.39 is 11.4 Å². The third-order valence-corrected chi connectivity index (χ3v) is 3.24. The number of rotatable bonds is 5. The van der Waals surface area contributed by atoms with Crippen LogP contribution in [-0.2, 0) is 11.3 Å². The molecule has 1 amide bonds. The van der Waals surface area contributed by atoms with Crippen molar-refractivity contribution in [3.63, 3.8) is 0 Å². The number of fused-ring (bicyclic) bond motifs is 1. The number of hydrogen-bond acceptors (Lipinski definition) is 5. The van der Waals surface area contributed by atoms with Crippen molar-refractivity contribution in [3.05, 3.63) is 17.7 Å². The lowest BCUT2D eigenvalue weighted by molar-refractivity contribution is -0.123. The molecule has 0 atom stereocenters. The maximum atomic E-state index is 11.3. The molecule has 0 unspecified atom stereocenters. The average molecular weight is 280 g/mol. The lowest BCUT2D eigenvalue weighted by Crippen LogP contribution is -2.50. The quantitative estimate of drug-likeness (QED) is 0.834.